The Bertz CT molecular complexity index is 526. The molecule has 6 heteroatoms. The van der Waals surface area contributed by atoms with E-state index in [1.165, 1.54) is 11.8 Å². The van der Waals surface area contributed by atoms with Crippen molar-refractivity contribution in [3.63, 3.8) is 0 Å². The highest BCUT2D eigenvalue weighted by Gasteiger charge is 2.16. The van der Waals surface area contributed by atoms with E-state index in [0.717, 1.165) is 11.5 Å². The van der Waals surface area contributed by atoms with E-state index in [4.69, 9.17) is 4.74 Å². The van der Waals surface area contributed by atoms with Gasteiger partial charge < -0.3 is 4.74 Å². The molecule has 93 valence electrons. The van der Waals surface area contributed by atoms with Crippen molar-refractivity contribution in [2.24, 2.45) is 10.1 Å². The highest BCUT2D eigenvalue weighted by Crippen LogP contribution is 2.18. The van der Waals surface area contributed by atoms with E-state index in [2.05, 4.69) is 15.5 Å². The molecular weight excluding hydrogens is 250 g/mol. The van der Waals surface area contributed by atoms with Crippen LogP contribution in [-0.4, -0.2) is 23.2 Å². The Labute approximate surface area is 109 Å². The van der Waals surface area contributed by atoms with E-state index in [1.54, 1.807) is 31.4 Å². The first-order chi connectivity index (χ1) is 8.72. The summed E-state index contributed by atoms with van der Waals surface area (Å²) in [5.41, 5.74) is 4.32. The minimum Gasteiger partial charge on any atom is -0.497 e. The van der Waals surface area contributed by atoms with Crippen LogP contribution in [0.3, 0.4) is 0 Å². The van der Waals surface area contributed by atoms with Crippen LogP contribution in [0.4, 0.5) is 0 Å². The second-order valence-electron chi connectivity index (χ2n) is 3.48. The molecule has 0 saturated carbocycles. The van der Waals surface area contributed by atoms with Crippen molar-refractivity contribution in [3.8, 4) is 5.75 Å². The van der Waals surface area contributed by atoms with Gasteiger partial charge >= 0.3 is 0 Å². The minimum absolute atomic E-state index is 0.340. The first-order valence-corrected chi connectivity index (χ1v) is 6.27. The number of hydrogen-bond donors (Lipinski definition) is 0. The van der Waals surface area contributed by atoms with Gasteiger partial charge in [-0.2, -0.15) is 4.99 Å². The molecule has 1 aliphatic rings. The lowest BCUT2D eigenvalue weighted by Gasteiger charge is -2.00. The van der Waals surface area contributed by atoms with Gasteiger partial charge in [-0.25, -0.2) is 0 Å². The number of ether oxygens (including phenoxy) is 1. The topological polar surface area (TPSA) is 65.1 Å². The Morgan fingerprint density at radius 1 is 1.50 bits per heavy atom. The summed E-state index contributed by atoms with van der Waals surface area (Å²) >= 11 is 1.32. The Balaban J connectivity index is 2.11. The maximum Gasteiger partial charge on any atom is 0.279 e. The molecule has 0 unspecified atom stereocenters. The van der Waals surface area contributed by atoms with Crippen LogP contribution in [0.15, 0.2) is 34.4 Å². The maximum atomic E-state index is 11.9. The molecule has 1 heterocycles. The van der Waals surface area contributed by atoms with Crippen molar-refractivity contribution in [2.45, 2.75) is 13.3 Å². The standard InChI is InChI=1S/C12H12N3O2S/c1-3-10-14-15-12(18-10)13-11(16)8-5-4-6-9(7-8)17-2/h4-7H,3H2,1-2H3. The molecule has 0 fully saturated rings. The van der Waals surface area contributed by atoms with Gasteiger partial charge in [0.15, 0.2) is 0 Å². The van der Waals surface area contributed by atoms with E-state index in [-0.39, 0.29) is 5.91 Å². The molecule has 0 aliphatic carbocycles. The smallest absolute Gasteiger partial charge is 0.279 e. The first kappa shape index (κ1) is 12.6. The third-order valence-electron chi connectivity index (χ3n) is 2.27. The number of rotatable bonds is 3. The number of methoxy groups -OCH3 is 1. The summed E-state index contributed by atoms with van der Waals surface area (Å²) in [6.07, 6.45) is 0.792. The average molecular weight is 262 g/mol. The largest absolute Gasteiger partial charge is 0.497 e. The monoisotopic (exact) mass is 262 g/mol. The Hall–Kier alpha value is -1.82. The molecule has 18 heavy (non-hydrogen) atoms. The van der Waals surface area contributed by atoms with Crippen molar-refractivity contribution in [1.82, 2.24) is 5.43 Å². The van der Waals surface area contributed by atoms with Crippen molar-refractivity contribution < 1.29 is 9.53 Å². The van der Waals surface area contributed by atoms with Gasteiger partial charge in [-0.05, 0) is 36.4 Å². The fourth-order valence-corrected chi connectivity index (χ4v) is 1.99. The lowest BCUT2D eigenvalue weighted by Crippen LogP contribution is -2.05. The molecule has 1 aromatic carbocycles. The van der Waals surface area contributed by atoms with E-state index in [9.17, 15) is 4.79 Å². The predicted molar refractivity (Wildman–Crippen MR) is 72.2 cm³/mol. The summed E-state index contributed by atoms with van der Waals surface area (Å²) in [7, 11) is 1.55. The van der Waals surface area contributed by atoms with Gasteiger partial charge in [-0.15, -0.1) is 10.5 Å². The van der Waals surface area contributed by atoms with Crippen LogP contribution < -0.4 is 10.2 Å². The zero-order valence-electron chi connectivity index (χ0n) is 10.1. The van der Waals surface area contributed by atoms with E-state index >= 15 is 0 Å². The highest BCUT2D eigenvalue weighted by atomic mass is 32.2. The van der Waals surface area contributed by atoms with Gasteiger partial charge in [0.05, 0.1) is 7.11 Å². The normalized spacial score (nSPS) is 16.3. The molecule has 1 amide bonds. The summed E-state index contributed by atoms with van der Waals surface area (Å²) in [5, 5.41) is 5.17. The number of carbonyl (C=O) groups is 1. The lowest BCUT2D eigenvalue weighted by atomic mass is 10.2. The zero-order valence-corrected chi connectivity index (χ0v) is 10.9. The van der Waals surface area contributed by atoms with Gasteiger partial charge in [-0.1, -0.05) is 13.0 Å². The van der Waals surface area contributed by atoms with E-state index < -0.39 is 0 Å². The second kappa shape index (κ2) is 5.68. The molecule has 1 radical (unpaired) electrons. The quantitative estimate of drug-likeness (QED) is 0.839. The number of aliphatic imine (C=N–C) groups is 1. The van der Waals surface area contributed by atoms with Crippen molar-refractivity contribution >= 4 is 27.9 Å². The van der Waals surface area contributed by atoms with E-state index in [0.29, 0.717) is 16.5 Å². The Kier molecular flexibility index (Phi) is 3.99. The second-order valence-corrected chi connectivity index (χ2v) is 4.52. The van der Waals surface area contributed by atoms with Gasteiger partial charge in [0.25, 0.3) is 5.91 Å². The SMILES string of the molecule is CCC1=N[N]C(=NC(=O)c2cccc(OC)c2)S1. The van der Waals surface area contributed by atoms with Gasteiger partial charge in [0.2, 0.25) is 5.17 Å². The maximum absolute atomic E-state index is 11.9. The van der Waals surface area contributed by atoms with Crippen LogP contribution >= 0.6 is 11.8 Å². The molecule has 0 atom stereocenters. The number of thioether (sulfide) groups is 1. The van der Waals surface area contributed by atoms with Crippen LogP contribution in [0.1, 0.15) is 23.7 Å². The minimum atomic E-state index is -0.340. The van der Waals surface area contributed by atoms with E-state index in [1.807, 2.05) is 6.92 Å². The molecule has 1 aliphatic heterocycles. The summed E-state index contributed by atoms with van der Waals surface area (Å²) in [5.74, 6) is 0.287. The lowest BCUT2D eigenvalue weighted by molar-refractivity contribution is 0.100. The van der Waals surface area contributed by atoms with Crippen LogP contribution in [0.25, 0.3) is 0 Å². The molecule has 0 N–H and O–H groups in total. The fourth-order valence-electron chi connectivity index (χ4n) is 1.34. The molecule has 0 bridgehead atoms. The Morgan fingerprint density at radius 3 is 3.00 bits per heavy atom. The molecule has 2 rings (SSSR count). The van der Waals surface area contributed by atoms with Gasteiger partial charge in [0.1, 0.15) is 10.8 Å². The predicted octanol–water partition coefficient (Wildman–Crippen LogP) is 2.27. The number of hydrogen-bond acceptors (Lipinski definition) is 4. The van der Waals surface area contributed by atoms with Gasteiger partial charge in [0, 0.05) is 5.56 Å². The number of amides is 1. The molecule has 5 nitrogen and oxygen atoms in total. The summed E-state index contributed by atoms with van der Waals surface area (Å²) in [6, 6.07) is 6.86. The zero-order chi connectivity index (χ0) is 13.0. The molecule has 0 aromatic heterocycles. The number of benzene rings is 1. The molecule has 0 saturated heterocycles. The summed E-state index contributed by atoms with van der Waals surface area (Å²) in [4.78, 5) is 15.8. The van der Waals surface area contributed by atoms with Crippen LogP contribution in [0.5, 0.6) is 5.75 Å². The number of amidine groups is 1. The highest BCUT2D eigenvalue weighted by molar-refractivity contribution is 8.26. The number of carbonyl (C=O) groups excluding carboxylic acids is 1. The van der Waals surface area contributed by atoms with Crippen LogP contribution in [0.2, 0.25) is 0 Å². The molecule has 0 spiro atoms. The summed E-state index contributed by atoms with van der Waals surface area (Å²) < 4.78 is 5.06. The fraction of sp³-hybridized carbons (Fsp3) is 0.250. The first-order valence-electron chi connectivity index (χ1n) is 5.45. The molecular formula is C12H12N3O2S. The van der Waals surface area contributed by atoms with Crippen molar-refractivity contribution in [3.05, 3.63) is 29.8 Å². The van der Waals surface area contributed by atoms with Crippen LogP contribution in [-0.2, 0) is 0 Å². The van der Waals surface area contributed by atoms with Crippen LogP contribution in [0, 0.1) is 0 Å². The van der Waals surface area contributed by atoms with Gasteiger partial charge in [-0.3, -0.25) is 4.79 Å². The third kappa shape index (κ3) is 2.89. The summed E-state index contributed by atoms with van der Waals surface area (Å²) in [6.45, 7) is 1.98. The number of nitrogens with zero attached hydrogens (tertiary/aromatic N) is 3. The van der Waals surface area contributed by atoms with Crippen molar-refractivity contribution in [2.75, 3.05) is 7.11 Å². The molecule has 1 aromatic rings. The third-order valence-corrected chi connectivity index (χ3v) is 3.23. The Morgan fingerprint density at radius 2 is 2.33 bits per heavy atom. The van der Waals surface area contributed by atoms with Crippen molar-refractivity contribution in [1.29, 1.82) is 0 Å². The average Bonchev–Trinajstić information content (AvgIpc) is 2.86.